The van der Waals surface area contributed by atoms with Crippen LogP contribution in [-0.4, -0.2) is 41.8 Å². The number of fused-ring (bicyclic) bond motifs is 3. The van der Waals surface area contributed by atoms with E-state index in [0.717, 1.165) is 22.3 Å². The minimum atomic E-state index is -1.14. The van der Waals surface area contributed by atoms with Crippen LogP contribution in [-0.2, 0) is 14.3 Å². The van der Waals surface area contributed by atoms with E-state index in [1.165, 1.54) is 0 Å². The highest BCUT2D eigenvalue weighted by Crippen LogP contribution is 2.44. The summed E-state index contributed by atoms with van der Waals surface area (Å²) in [6, 6.07) is 13.9. The predicted molar refractivity (Wildman–Crippen MR) is 120 cm³/mol. The van der Waals surface area contributed by atoms with Gasteiger partial charge in [-0.2, -0.15) is 0 Å². The van der Waals surface area contributed by atoms with Crippen LogP contribution in [0.2, 0.25) is 0 Å². The topological polar surface area (TPSA) is 105 Å². The number of nitrogens with one attached hydrogen (secondary N) is 2. The van der Waals surface area contributed by atoms with Crippen LogP contribution in [0.1, 0.15) is 43.7 Å². The number of carbonyl (C=O) groups is 3. The summed E-state index contributed by atoms with van der Waals surface area (Å²) in [5, 5.41) is 14.1. The molecule has 0 radical (unpaired) electrons. The van der Waals surface area contributed by atoms with Gasteiger partial charge in [0.1, 0.15) is 18.7 Å². The number of hydrogen-bond acceptors (Lipinski definition) is 4. The molecule has 2 amide bonds. The highest BCUT2D eigenvalue weighted by Gasteiger charge is 2.30. The van der Waals surface area contributed by atoms with Crippen molar-refractivity contribution in [2.24, 2.45) is 0 Å². The minimum Gasteiger partial charge on any atom is -0.480 e. The van der Waals surface area contributed by atoms with Crippen molar-refractivity contribution in [3.8, 4) is 23.0 Å². The molecule has 0 fully saturated rings. The Kier molecular flexibility index (Phi) is 7.50. The lowest BCUT2D eigenvalue weighted by Crippen LogP contribution is -2.51. The van der Waals surface area contributed by atoms with Gasteiger partial charge in [0.15, 0.2) is 0 Å². The molecule has 2 atom stereocenters. The first kappa shape index (κ1) is 22.9. The zero-order chi connectivity index (χ0) is 23.1. The number of rotatable bonds is 8. The summed E-state index contributed by atoms with van der Waals surface area (Å²) in [5.41, 5.74) is 4.40. The highest BCUT2D eigenvalue weighted by atomic mass is 16.5. The number of alkyl carbamates (subject to hydrolysis) is 1. The van der Waals surface area contributed by atoms with E-state index in [9.17, 15) is 19.5 Å². The van der Waals surface area contributed by atoms with E-state index in [1.54, 1.807) is 13.8 Å². The number of carboxylic acid groups (broad SMARTS) is 1. The normalized spacial score (nSPS) is 13.6. The molecule has 7 heteroatoms. The summed E-state index contributed by atoms with van der Waals surface area (Å²) in [6.45, 7) is 3.38. The molecule has 3 N–H and O–H groups in total. The second-order valence-electron chi connectivity index (χ2n) is 7.46. The molecular formula is C25H26N2O5. The third kappa shape index (κ3) is 5.09. The Morgan fingerprint density at radius 3 is 2.12 bits per heavy atom. The molecule has 1 aliphatic rings. The maximum Gasteiger partial charge on any atom is 0.407 e. The van der Waals surface area contributed by atoms with Gasteiger partial charge in [-0.3, -0.25) is 4.79 Å². The van der Waals surface area contributed by atoms with Gasteiger partial charge in [0.2, 0.25) is 5.91 Å². The van der Waals surface area contributed by atoms with Crippen molar-refractivity contribution >= 4 is 18.0 Å². The summed E-state index contributed by atoms with van der Waals surface area (Å²) in [6.07, 6.45) is -0.492. The molecule has 3 rings (SSSR count). The Balaban J connectivity index is 1.67. The van der Waals surface area contributed by atoms with Crippen LogP contribution < -0.4 is 10.6 Å². The van der Waals surface area contributed by atoms with Crippen LogP contribution in [0.3, 0.4) is 0 Å². The molecule has 0 saturated heterocycles. The average molecular weight is 434 g/mol. The van der Waals surface area contributed by atoms with Gasteiger partial charge < -0.3 is 20.5 Å². The van der Waals surface area contributed by atoms with Gasteiger partial charge in [-0.1, -0.05) is 55.5 Å². The SMILES string of the molecule is CC#CCC(NC(=O)OCC1c2ccccc2-c2ccccc21)C(=O)N[C@@H](CC)C(=O)O. The standard InChI is InChI=1S/C25H26N2O5/c1-3-5-14-22(23(28)26-21(4-2)24(29)30)27-25(31)32-15-20-18-12-8-6-10-16(18)17-11-7-9-13-19(17)20/h6-13,20-22H,4,14-15H2,1-2H3,(H,26,28)(H,27,31)(H,29,30)/t21-,22?/m0/s1. The summed E-state index contributed by atoms with van der Waals surface area (Å²) in [5.74, 6) is 3.57. The zero-order valence-corrected chi connectivity index (χ0v) is 18.1. The summed E-state index contributed by atoms with van der Waals surface area (Å²) >= 11 is 0. The first-order chi connectivity index (χ1) is 15.5. The van der Waals surface area contributed by atoms with Crippen molar-refractivity contribution in [1.82, 2.24) is 10.6 Å². The molecule has 2 aromatic carbocycles. The van der Waals surface area contributed by atoms with Gasteiger partial charge in [0, 0.05) is 12.3 Å². The Hall–Kier alpha value is -3.79. The van der Waals surface area contributed by atoms with Crippen molar-refractivity contribution < 1.29 is 24.2 Å². The van der Waals surface area contributed by atoms with E-state index in [1.807, 2.05) is 48.5 Å². The Morgan fingerprint density at radius 1 is 1.00 bits per heavy atom. The van der Waals surface area contributed by atoms with Crippen LogP contribution in [0, 0.1) is 11.8 Å². The average Bonchev–Trinajstić information content (AvgIpc) is 3.12. The lowest BCUT2D eigenvalue weighted by Gasteiger charge is -2.20. The molecule has 0 aliphatic heterocycles. The molecule has 7 nitrogen and oxygen atoms in total. The van der Waals surface area contributed by atoms with E-state index in [0.29, 0.717) is 0 Å². The maximum absolute atomic E-state index is 12.5. The first-order valence-corrected chi connectivity index (χ1v) is 10.5. The summed E-state index contributed by atoms with van der Waals surface area (Å²) in [4.78, 5) is 36.3. The Morgan fingerprint density at radius 2 is 1.59 bits per heavy atom. The largest absolute Gasteiger partial charge is 0.480 e. The molecule has 2 aromatic rings. The predicted octanol–water partition coefficient (Wildman–Crippen LogP) is 3.29. The fraction of sp³-hybridized carbons (Fsp3) is 0.320. The van der Waals surface area contributed by atoms with Crippen molar-refractivity contribution in [2.75, 3.05) is 6.61 Å². The van der Waals surface area contributed by atoms with E-state index in [4.69, 9.17) is 4.74 Å². The fourth-order valence-corrected chi connectivity index (χ4v) is 3.81. The number of hydrogen-bond donors (Lipinski definition) is 3. The second-order valence-corrected chi connectivity index (χ2v) is 7.46. The number of amides is 2. The molecule has 0 heterocycles. The minimum absolute atomic E-state index is 0.0442. The molecule has 166 valence electrons. The maximum atomic E-state index is 12.5. The second kappa shape index (κ2) is 10.5. The molecule has 0 saturated carbocycles. The highest BCUT2D eigenvalue weighted by molar-refractivity contribution is 5.89. The summed E-state index contributed by atoms with van der Waals surface area (Å²) in [7, 11) is 0. The number of benzene rings is 2. The smallest absolute Gasteiger partial charge is 0.407 e. The zero-order valence-electron chi connectivity index (χ0n) is 18.1. The van der Waals surface area contributed by atoms with Crippen LogP contribution in [0.15, 0.2) is 48.5 Å². The van der Waals surface area contributed by atoms with Crippen molar-refractivity contribution in [1.29, 1.82) is 0 Å². The van der Waals surface area contributed by atoms with E-state index < -0.39 is 30.1 Å². The Labute approximate surface area is 187 Å². The Bertz CT molecular complexity index is 1020. The third-order valence-electron chi connectivity index (χ3n) is 5.46. The van der Waals surface area contributed by atoms with Crippen molar-refractivity contribution in [2.45, 2.75) is 44.7 Å². The third-order valence-corrected chi connectivity index (χ3v) is 5.46. The van der Waals surface area contributed by atoms with Crippen molar-refractivity contribution in [3.05, 3.63) is 59.7 Å². The van der Waals surface area contributed by atoms with E-state index in [-0.39, 0.29) is 25.4 Å². The number of carbonyl (C=O) groups excluding carboxylic acids is 2. The van der Waals surface area contributed by atoms with Crippen molar-refractivity contribution in [3.63, 3.8) is 0 Å². The molecule has 1 unspecified atom stereocenters. The summed E-state index contributed by atoms with van der Waals surface area (Å²) < 4.78 is 5.48. The number of carboxylic acids is 1. The van der Waals surface area contributed by atoms with Gasteiger partial charge >= 0.3 is 12.1 Å². The number of ether oxygens (including phenoxy) is 1. The van der Waals surface area contributed by atoms with Gasteiger partial charge in [-0.05, 0) is 35.6 Å². The monoisotopic (exact) mass is 434 g/mol. The van der Waals surface area contributed by atoms with Crippen LogP contribution >= 0.6 is 0 Å². The molecular weight excluding hydrogens is 408 g/mol. The van der Waals surface area contributed by atoms with Gasteiger partial charge in [0.25, 0.3) is 0 Å². The van der Waals surface area contributed by atoms with Crippen LogP contribution in [0.25, 0.3) is 11.1 Å². The van der Waals surface area contributed by atoms with Gasteiger partial charge in [-0.25, -0.2) is 9.59 Å². The molecule has 0 aromatic heterocycles. The van der Waals surface area contributed by atoms with Gasteiger partial charge in [0.05, 0.1) is 0 Å². The molecule has 32 heavy (non-hydrogen) atoms. The lowest BCUT2D eigenvalue weighted by molar-refractivity contribution is -0.142. The van der Waals surface area contributed by atoms with Crippen LogP contribution in [0.5, 0.6) is 0 Å². The van der Waals surface area contributed by atoms with E-state index in [2.05, 4.69) is 22.5 Å². The molecule has 0 spiro atoms. The quantitative estimate of drug-likeness (QED) is 0.553. The fourth-order valence-electron chi connectivity index (χ4n) is 3.81. The van der Waals surface area contributed by atoms with E-state index >= 15 is 0 Å². The van der Waals surface area contributed by atoms with Crippen LogP contribution in [0.4, 0.5) is 4.79 Å². The molecule has 0 bridgehead atoms. The molecule has 1 aliphatic carbocycles. The lowest BCUT2D eigenvalue weighted by atomic mass is 9.98. The van der Waals surface area contributed by atoms with Gasteiger partial charge in [-0.15, -0.1) is 11.8 Å². The number of aliphatic carboxylic acids is 1. The first-order valence-electron chi connectivity index (χ1n) is 10.5.